The number of rotatable bonds is 10. The average molecular weight is 529 g/mol. The van der Waals surface area contributed by atoms with Gasteiger partial charge in [0.05, 0.1) is 37.9 Å². The normalized spacial score (nSPS) is 20.3. The standard InChI is InChI=1S/C27H42F2N2O6/c1-8-9-27(6,7)16-36-23-14-31(25(34)37-26(3,4)5)22(15-35-23)24(33)21(30-17(2)32)12-18-10-19(28)13-20(29)11-18/h10-11,13,21-24,33H,8-9,12,14-16H2,1-7H3,(H,30,32)/t21-,22+,23-,24-/m0/s1. The van der Waals surface area contributed by atoms with E-state index in [4.69, 9.17) is 14.2 Å². The van der Waals surface area contributed by atoms with Crippen LogP contribution < -0.4 is 5.32 Å². The Bertz CT molecular complexity index is 900. The Morgan fingerprint density at radius 2 is 1.81 bits per heavy atom. The number of nitrogens with zero attached hydrogens (tertiary/aromatic N) is 1. The highest BCUT2D eigenvalue weighted by Crippen LogP contribution is 2.26. The first-order valence-electron chi connectivity index (χ1n) is 12.7. The van der Waals surface area contributed by atoms with Gasteiger partial charge in [-0.1, -0.05) is 27.2 Å². The monoisotopic (exact) mass is 528 g/mol. The third-order valence-electron chi connectivity index (χ3n) is 5.99. The van der Waals surface area contributed by atoms with Gasteiger partial charge < -0.3 is 24.6 Å². The molecule has 0 spiro atoms. The Morgan fingerprint density at radius 1 is 1.19 bits per heavy atom. The van der Waals surface area contributed by atoms with E-state index in [-0.39, 0.29) is 30.6 Å². The summed E-state index contributed by atoms with van der Waals surface area (Å²) >= 11 is 0. The second kappa shape index (κ2) is 13.0. The molecule has 0 saturated carbocycles. The number of aliphatic hydroxyl groups is 1. The molecule has 1 aromatic rings. The van der Waals surface area contributed by atoms with Gasteiger partial charge in [-0.15, -0.1) is 0 Å². The maximum atomic E-state index is 13.8. The van der Waals surface area contributed by atoms with Crippen LogP contribution in [-0.2, 0) is 25.4 Å². The molecule has 2 amide bonds. The molecule has 1 aliphatic heterocycles. The van der Waals surface area contributed by atoms with Crippen molar-refractivity contribution >= 4 is 12.0 Å². The zero-order chi connectivity index (χ0) is 28.0. The van der Waals surface area contributed by atoms with Crippen molar-refractivity contribution in [2.45, 2.75) is 97.8 Å². The molecular formula is C27H42F2N2O6. The Morgan fingerprint density at radius 3 is 2.35 bits per heavy atom. The van der Waals surface area contributed by atoms with E-state index >= 15 is 0 Å². The number of ether oxygens (including phenoxy) is 3. The highest BCUT2D eigenvalue weighted by molar-refractivity contribution is 5.73. The summed E-state index contributed by atoms with van der Waals surface area (Å²) in [6.07, 6.45) is -0.849. The smallest absolute Gasteiger partial charge is 0.410 e. The van der Waals surface area contributed by atoms with E-state index in [1.165, 1.54) is 11.8 Å². The molecule has 0 aromatic heterocycles. The summed E-state index contributed by atoms with van der Waals surface area (Å²) < 4.78 is 45.0. The maximum absolute atomic E-state index is 13.8. The predicted octanol–water partition coefficient (Wildman–Crippen LogP) is 4.18. The number of benzene rings is 1. The van der Waals surface area contributed by atoms with E-state index in [0.717, 1.165) is 31.0 Å². The van der Waals surface area contributed by atoms with Gasteiger partial charge >= 0.3 is 6.09 Å². The van der Waals surface area contributed by atoms with Crippen LogP contribution in [-0.4, -0.2) is 71.8 Å². The zero-order valence-corrected chi connectivity index (χ0v) is 23.0. The maximum Gasteiger partial charge on any atom is 0.410 e. The van der Waals surface area contributed by atoms with Crippen LogP contribution in [0.3, 0.4) is 0 Å². The number of hydrogen-bond donors (Lipinski definition) is 2. The third kappa shape index (κ3) is 10.2. The molecule has 1 aromatic carbocycles. The highest BCUT2D eigenvalue weighted by atomic mass is 19.1. The molecule has 210 valence electrons. The van der Waals surface area contributed by atoms with Crippen molar-refractivity contribution in [3.63, 3.8) is 0 Å². The first kappa shape index (κ1) is 30.9. The topological polar surface area (TPSA) is 97.3 Å². The van der Waals surface area contributed by atoms with E-state index in [2.05, 4.69) is 26.1 Å². The number of nitrogens with one attached hydrogen (secondary N) is 1. The van der Waals surface area contributed by atoms with Gasteiger partial charge in [-0.05, 0) is 56.7 Å². The van der Waals surface area contributed by atoms with Crippen LogP contribution in [0.1, 0.15) is 66.9 Å². The van der Waals surface area contributed by atoms with Gasteiger partial charge in [-0.25, -0.2) is 13.6 Å². The lowest BCUT2D eigenvalue weighted by Gasteiger charge is -2.43. The first-order valence-corrected chi connectivity index (χ1v) is 12.7. The fraction of sp³-hybridized carbons (Fsp3) is 0.704. The van der Waals surface area contributed by atoms with E-state index < -0.39 is 53.7 Å². The molecule has 0 bridgehead atoms. The van der Waals surface area contributed by atoms with Crippen molar-refractivity contribution in [2.24, 2.45) is 5.41 Å². The van der Waals surface area contributed by atoms with Crippen molar-refractivity contribution < 1.29 is 37.7 Å². The van der Waals surface area contributed by atoms with E-state index in [9.17, 15) is 23.5 Å². The SMILES string of the molecule is CCCC(C)(C)CO[C@H]1CN(C(=O)OC(C)(C)C)[C@@H]([C@@H](O)[C@H](Cc2cc(F)cc(F)c2)NC(C)=O)CO1. The summed E-state index contributed by atoms with van der Waals surface area (Å²) in [4.78, 5) is 26.4. The quantitative estimate of drug-likeness (QED) is 0.473. The fourth-order valence-electron chi connectivity index (χ4n) is 4.40. The summed E-state index contributed by atoms with van der Waals surface area (Å²) in [5, 5.41) is 14.0. The predicted molar refractivity (Wildman–Crippen MR) is 135 cm³/mol. The van der Waals surface area contributed by atoms with Crippen LogP contribution in [0.4, 0.5) is 13.6 Å². The zero-order valence-electron chi connectivity index (χ0n) is 23.0. The van der Waals surface area contributed by atoms with Crippen LogP contribution in [0.25, 0.3) is 0 Å². The third-order valence-corrected chi connectivity index (χ3v) is 5.99. The van der Waals surface area contributed by atoms with Crippen LogP contribution >= 0.6 is 0 Å². The molecule has 1 saturated heterocycles. The molecule has 0 aliphatic carbocycles. The second-order valence-corrected chi connectivity index (χ2v) is 11.5. The molecule has 2 rings (SSSR count). The van der Waals surface area contributed by atoms with Gasteiger partial charge in [-0.2, -0.15) is 0 Å². The Hall–Kier alpha value is -2.30. The molecule has 0 radical (unpaired) electrons. The van der Waals surface area contributed by atoms with E-state index in [0.29, 0.717) is 6.61 Å². The number of amides is 2. The van der Waals surface area contributed by atoms with Crippen LogP contribution in [0.2, 0.25) is 0 Å². The molecule has 10 heteroatoms. The molecule has 37 heavy (non-hydrogen) atoms. The Balaban J connectivity index is 2.27. The Kier molecular flexibility index (Phi) is 10.8. The molecule has 1 aliphatic rings. The number of aliphatic hydroxyl groups excluding tert-OH is 1. The van der Waals surface area contributed by atoms with Crippen LogP contribution in [0.15, 0.2) is 18.2 Å². The largest absolute Gasteiger partial charge is 0.444 e. The number of halogens is 2. The molecule has 8 nitrogen and oxygen atoms in total. The minimum Gasteiger partial charge on any atom is -0.444 e. The highest BCUT2D eigenvalue weighted by Gasteiger charge is 2.42. The minimum atomic E-state index is -1.33. The lowest BCUT2D eigenvalue weighted by Crippen LogP contribution is -2.62. The second-order valence-electron chi connectivity index (χ2n) is 11.5. The van der Waals surface area contributed by atoms with Gasteiger partial charge in [0.25, 0.3) is 0 Å². The van der Waals surface area contributed by atoms with Crippen molar-refractivity contribution in [3.05, 3.63) is 35.4 Å². The molecule has 0 unspecified atom stereocenters. The van der Waals surface area contributed by atoms with E-state index in [1.54, 1.807) is 20.8 Å². The Labute approximate surface area is 218 Å². The fourth-order valence-corrected chi connectivity index (χ4v) is 4.40. The summed E-state index contributed by atoms with van der Waals surface area (Å²) in [5.41, 5.74) is -0.627. The molecular weight excluding hydrogens is 486 g/mol. The molecule has 1 fully saturated rings. The van der Waals surface area contributed by atoms with Crippen molar-refractivity contribution in [2.75, 3.05) is 19.8 Å². The average Bonchev–Trinajstić information content (AvgIpc) is 2.74. The van der Waals surface area contributed by atoms with Gasteiger partial charge in [0.15, 0.2) is 6.29 Å². The summed E-state index contributed by atoms with van der Waals surface area (Å²) in [6, 6.07) is 1.14. The summed E-state index contributed by atoms with van der Waals surface area (Å²) in [6.45, 7) is 13.1. The number of hydrogen-bond acceptors (Lipinski definition) is 6. The van der Waals surface area contributed by atoms with E-state index in [1.807, 2.05) is 0 Å². The van der Waals surface area contributed by atoms with Gasteiger partial charge in [0, 0.05) is 13.0 Å². The van der Waals surface area contributed by atoms with Crippen molar-refractivity contribution in [1.82, 2.24) is 10.2 Å². The number of morpholine rings is 1. The first-order chi connectivity index (χ1) is 17.1. The van der Waals surface area contributed by atoms with Crippen molar-refractivity contribution in [1.29, 1.82) is 0 Å². The minimum absolute atomic E-state index is 0.000228. The number of carbonyl (C=O) groups excluding carboxylic acids is 2. The van der Waals surface area contributed by atoms with Gasteiger partial charge in [0.2, 0.25) is 5.91 Å². The summed E-state index contributed by atoms with van der Waals surface area (Å²) in [7, 11) is 0. The lowest BCUT2D eigenvalue weighted by molar-refractivity contribution is -0.212. The van der Waals surface area contributed by atoms with Crippen LogP contribution in [0.5, 0.6) is 0 Å². The lowest BCUT2D eigenvalue weighted by atomic mass is 9.89. The van der Waals surface area contributed by atoms with Crippen LogP contribution in [0, 0.1) is 17.0 Å². The van der Waals surface area contributed by atoms with Crippen molar-refractivity contribution in [3.8, 4) is 0 Å². The molecule has 4 atom stereocenters. The molecule has 2 N–H and O–H groups in total. The molecule has 1 heterocycles. The number of carbonyl (C=O) groups is 2. The van der Waals surface area contributed by atoms with Gasteiger partial charge in [0.1, 0.15) is 17.2 Å². The van der Waals surface area contributed by atoms with Gasteiger partial charge in [-0.3, -0.25) is 9.69 Å². The summed E-state index contributed by atoms with van der Waals surface area (Å²) in [5.74, 6) is -1.98.